The van der Waals surface area contributed by atoms with Crippen molar-refractivity contribution in [2.75, 3.05) is 0 Å². The number of fused-ring (bicyclic) bond motifs is 2. The fourth-order valence-electron chi connectivity index (χ4n) is 5.07. The molecule has 0 amide bonds. The molecule has 4 rings (SSSR count). The summed E-state index contributed by atoms with van der Waals surface area (Å²) in [5.41, 5.74) is 2.27. The van der Waals surface area contributed by atoms with Crippen LogP contribution in [0.2, 0.25) is 0 Å². The van der Waals surface area contributed by atoms with Crippen LogP contribution >= 0.6 is 0 Å². The monoisotopic (exact) mass is 328 g/mol. The number of carbonyl (C=O) groups excluding carboxylic acids is 1. The Morgan fingerprint density at radius 2 is 1.71 bits per heavy atom. The quantitative estimate of drug-likeness (QED) is 0.838. The Labute approximate surface area is 142 Å². The summed E-state index contributed by atoms with van der Waals surface area (Å²) in [7, 11) is 0. The molecular weight excluding hydrogens is 304 g/mol. The molecule has 0 aromatic carbocycles. The van der Waals surface area contributed by atoms with E-state index in [-0.39, 0.29) is 23.7 Å². The molecule has 4 unspecified atom stereocenters. The van der Waals surface area contributed by atoms with Crippen molar-refractivity contribution < 1.29 is 19.4 Å². The van der Waals surface area contributed by atoms with E-state index in [1.54, 1.807) is 12.2 Å². The van der Waals surface area contributed by atoms with Crippen LogP contribution in [-0.4, -0.2) is 23.0 Å². The van der Waals surface area contributed by atoms with E-state index >= 15 is 0 Å². The summed E-state index contributed by atoms with van der Waals surface area (Å²) >= 11 is 0. The van der Waals surface area contributed by atoms with Crippen LogP contribution in [-0.2, 0) is 14.3 Å². The van der Waals surface area contributed by atoms with Gasteiger partial charge in [-0.25, -0.2) is 0 Å². The lowest BCUT2D eigenvalue weighted by atomic mass is 9.65. The summed E-state index contributed by atoms with van der Waals surface area (Å²) in [6.07, 6.45) is 13.3. The number of carboxylic acids is 1. The highest BCUT2D eigenvalue weighted by molar-refractivity contribution is 6.02. The fourth-order valence-corrected chi connectivity index (χ4v) is 5.07. The summed E-state index contributed by atoms with van der Waals surface area (Å²) < 4.78 is 6.17. The van der Waals surface area contributed by atoms with Gasteiger partial charge in [0.1, 0.15) is 11.9 Å². The maximum absolute atomic E-state index is 11.8. The third-order valence-electron chi connectivity index (χ3n) is 6.13. The van der Waals surface area contributed by atoms with Crippen molar-refractivity contribution in [3.8, 4) is 0 Å². The van der Waals surface area contributed by atoms with Crippen molar-refractivity contribution in [2.45, 2.75) is 57.5 Å². The van der Waals surface area contributed by atoms with Crippen molar-refractivity contribution in [2.24, 2.45) is 17.8 Å². The molecule has 0 aromatic heterocycles. The Kier molecular flexibility index (Phi) is 4.07. The van der Waals surface area contributed by atoms with Gasteiger partial charge in [0.25, 0.3) is 0 Å². The summed E-state index contributed by atoms with van der Waals surface area (Å²) in [6.45, 7) is 0. The first-order valence-corrected chi connectivity index (χ1v) is 9.23. The third kappa shape index (κ3) is 2.62. The van der Waals surface area contributed by atoms with Crippen LogP contribution in [0.25, 0.3) is 0 Å². The van der Waals surface area contributed by atoms with Gasteiger partial charge < -0.3 is 9.84 Å². The second-order valence-corrected chi connectivity index (χ2v) is 7.50. The molecule has 1 aliphatic heterocycles. The molecule has 0 aromatic rings. The molecule has 1 heterocycles. The minimum atomic E-state index is -0.673. The van der Waals surface area contributed by atoms with Gasteiger partial charge in [0, 0.05) is 17.6 Å². The average molecular weight is 328 g/mol. The maximum atomic E-state index is 11.8. The zero-order valence-electron chi connectivity index (χ0n) is 13.9. The van der Waals surface area contributed by atoms with Crippen molar-refractivity contribution in [3.63, 3.8) is 0 Å². The highest BCUT2D eigenvalue weighted by Crippen LogP contribution is 2.49. The topological polar surface area (TPSA) is 63.6 Å². The number of carbonyl (C=O) groups is 2. The molecule has 0 bridgehead atoms. The lowest BCUT2D eigenvalue weighted by molar-refractivity contribution is -0.144. The van der Waals surface area contributed by atoms with Gasteiger partial charge in [-0.15, -0.1) is 0 Å². The standard InChI is InChI=1S/C20H24O4/c21-12-9-10-16-18(11-12)24-17-8-4-3-7-15(17)19(16)13-5-1-2-6-14(13)20(22)23/h9-11,13-15,17H,1-8H2,(H,22,23). The number of ether oxygens (including phenoxy) is 1. The zero-order valence-corrected chi connectivity index (χ0v) is 13.9. The first kappa shape index (κ1) is 15.7. The molecule has 24 heavy (non-hydrogen) atoms. The molecule has 4 nitrogen and oxygen atoms in total. The molecule has 4 heteroatoms. The molecule has 0 spiro atoms. The molecule has 3 aliphatic carbocycles. The van der Waals surface area contributed by atoms with Crippen molar-refractivity contribution >= 4 is 11.8 Å². The smallest absolute Gasteiger partial charge is 0.307 e. The van der Waals surface area contributed by atoms with E-state index in [2.05, 4.69) is 0 Å². The van der Waals surface area contributed by atoms with E-state index in [9.17, 15) is 14.7 Å². The van der Waals surface area contributed by atoms with Gasteiger partial charge in [-0.05, 0) is 55.7 Å². The fraction of sp³-hybridized carbons (Fsp3) is 0.600. The van der Waals surface area contributed by atoms with Gasteiger partial charge in [-0.2, -0.15) is 0 Å². The van der Waals surface area contributed by atoms with E-state index in [0.717, 1.165) is 50.5 Å². The lowest BCUT2D eigenvalue weighted by Gasteiger charge is -2.44. The predicted octanol–water partition coefficient (Wildman–Crippen LogP) is 3.79. The summed E-state index contributed by atoms with van der Waals surface area (Å²) in [5, 5.41) is 9.73. The van der Waals surface area contributed by atoms with E-state index in [4.69, 9.17) is 4.74 Å². The number of hydrogen-bond donors (Lipinski definition) is 1. The SMILES string of the molecule is O=C1C=CC2=C(C3CCCCC3C(=O)O)C3CCCCC3OC2=C1. The van der Waals surface area contributed by atoms with E-state index in [1.807, 2.05) is 6.08 Å². The maximum Gasteiger partial charge on any atom is 0.307 e. The van der Waals surface area contributed by atoms with Crippen LogP contribution in [0.4, 0.5) is 0 Å². The number of carboxylic acid groups (broad SMARTS) is 1. The van der Waals surface area contributed by atoms with Gasteiger partial charge in [0.2, 0.25) is 0 Å². The average Bonchev–Trinajstić information content (AvgIpc) is 2.59. The molecule has 2 fully saturated rings. The molecule has 0 saturated heterocycles. The molecule has 1 N–H and O–H groups in total. The lowest BCUT2D eigenvalue weighted by Crippen LogP contribution is -2.40. The molecule has 128 valence electrons. The summed E-state index contributed by atoms with van der Waals surface area (Å²) in [4.78, 5) is 23.6. The Morgan fingerprint density at radius 1 is 1.00 bits per heavy atom. The van der Waals surface area contributed by atoms with Crippen molar-refractivity contribution in [3.05, 3.63) is 35.1 Å². The van der Waals surface area contributed by atoms with E-state index in [0.29, 0.717) is 11.7 Å². The van der Waals surface area contributed by atoms with Crippen LogP contribution in [0.1, 0.15) is 51.4 Å². The van der Waals surface area contributed by atoms with Crippen LogP contribution in [0.15, 0.2) is 35.1 Å². The molecular formula is C20H24O4. The number of aliphatic carboxylic acids is 1. The Morgan fingerprint density at radius 3 is 2.50 bits per heavy atom. The third-order valence-corrected chi connectivity index (χ3v) is 6.13. The number of ketones is 1. The second kappa shape index (κ2) is 6.23. The van der Waals surface area contributed by atoms with E-state index < -0.39 is 5.97 Å². The van der Waals surface area contributed by atoms with Gasteiger partial charge in [-0.3, -0.25) is 9.59 Å². The Bertz CT molecular complexity index is 655. The number of rotatable bonds is 2. The van der Waals surface area contributed by atoms with Gasteiger partial charge in [-0.1, -0.05) is 19.3 Å². The van der Waals surface area contributed by atoms with Gasteiger partial charge in [0.05, 0.1) is 5.92 Å². The van der Waals surface area contributed by atoms with Crippen LogP contribution in [0.3, 0.4) is 0 Å². The van der Waals surface area contributed by atoms with Gasteiger partial charge >= 0.3 is 5.97 Å². The van der Waals surface area contributed by atoms with Crippen LogP contribution in [0, 0.1) is 17.8 Å². The molecule has 0 radical (unpaired) electrons. The first-order valence-electron chi connectivity index (χ1n) is 9.23. The van der Waals surface area contributed by atoms with E-state index in [1.165, 1.54) is 12.0 Å². The predicted molar refractivity (Wildman–Crippen MR) is 89.2 cm³/mol. The normalized spacial score (nSPS) is 35.7. The highest BCUT2D eigenvalue weighted by atomic mass is 16.5. The largest absolute Gasteiger partial charge is 0.489 e. The molecule has 2 saturated carbocycles. The van der Waals surface area contributed by atoms with Crippen LogP contribution < -0.4 is 0 Å². The minimum absolute atomic E-state index is 0.0409. The van der Waals surface area contributed by atoms with Crippen LogP contribution in [0.5, 0.6) is 0 Å². The zero-order chi connectivity index (χ0) is 16.7. The molecule has 4 aliphatic rings. The van der Waals surface area contributed by atoms with Gasteiger partial charge in [0.15, 0.2) is 5.78 Å². The van der Waals surface area contributed by atoms with Crippen molar-refractivity contribution in [1.29, 1.82) is 0 Å². The van der Waals surface area contributed by atoms with Crippen molar-refractivity contribution in [1.82, 2.24) is 0 Å². The summed E-state index contributed by atoms with van der Waals surface area (Å²) in [5.74, 6) is 0.0640. The molecule has 4 atom stereocenters. The number of allylic oxidation sites excluding steroid dienone is 3. The second-order valence-electron chi connectivity index (χ2n) is 7.50. The Hall–Kier alpha value is -1.84. The highest BCUT2D eigenvalue weighted by Gasteiger charge is 2.44. The number of hydrogen-bond acceptors (Lipinski definition) is 3. The minimum Gasteiger partial charge on any atom is -0.489 e. The summed E-state index contributed by atoms with van der Waals surface area (Å²) in [6, 6.07) is 0. The first-order chi connectivity index (χ1) is 11.6. The Balaban J connectivity index is 1.81.